The first-order chi connectivity index (χ1) is 8.52. The molecule has 0 saturated carbocycles. The van der Waals surface area contributed by atoms with Crippen LogP contribution >= 0.6 is 0 Å². The van der Waals surface area contributed by atoms with Crippen LogP contribution < -0.4 is 5.32 Å². The molecule has 1 heterocycles. The third-order valence-corrected chi connectivity index (χ3v) is 3.12. The van der Waals surface area contributed by atoms with Crippen molar-refractivity contribution in [1.82, 2.24) is 10.3 Å². The van der Waals surface area contributed by atoms with Gasteiger partial charge in [0.2, 0.25) is 0 Å². The van der Waals surface area contributed by atoms with E-state index in [9.17, 15) is 13.2 Å². The van der Waals surface area contributed by atoms with E-state index in [-0.39, 0.29) is 6.04 Å². The molecule has 18 heavy (non-hydrogen) atoms. The summed E-state index contributed by atoms with van der Waals surface area (Å²) >= 11 is 0. The Kier molecular flexibility index (Phi) is 3.71. The van der Waals surface area contributed by atoms with Crippen molar-refractivity contribution < 1.29 is 13.2 Å². The van der Waals surface area contributed by atoms with Crippen molar-refractivity contribution in [2.24, 2.45) is 0 Å². The summed E-state index contributed by atoms with van der Waals surface area (Å²) in [5.74, 6) is 0. The lowest BCUT2D eigenvalue weighted by molar-refractivity contribution is -0.137. The van der Waals surface area contributed by atoms with E-state index in [1.807, 2.05) is 0 Å². The second-order valence-corrected chi connectivity index (χ2v) is 4.40. The number of rotatable bonds is 3. The molecule has 2 nitrogen and oxygen atoms in total. The number of halogens is 3. The van der Waals surface area contributed by atoms with Gasteiger partial charge in [0.05, 0.1) is 5.56 Å². The quantitative estimate of drug-likeness (QED) is 0.840. The first kappa shape index (κ1) is 13.1. The van der Waals surface area contributed by atoms with Crippen LogP contribution in [0.1, 0.15) is 35.7 Å². The summed E-state index contributed by atoms with van der Waals surface area (Å²) in [6.07, 6.45) is 0.830. The molecule has 0 fully saturated rings. The maximum Gasteiger partial charge on any atom is 0.417 e. The van der Waals surface area contributed by atoms with Gasteiger partial charge in [-0.05, 0) is 30.9 Å². The Hall–Kier alpha value is -1.36. The summed E-state index contributed by atoms with van der Waals surface area (Å²) in [5.41, 5.74) is 0.780. The summed E-state index contributed by atoms with van der Waals surface area (Å²) in [6.45, 7) is 4.18. The highest BCUT2D eigenvalue weighted by atomic mass is 19.4. The Labute approximate surface area is 104 Å². The van der Waals surface area contributed by atoms with Crippen LogP contribution in [0.15, 0.2) is 24.9 Å². The van der Waals surface area contributed by atoms with E-state index in [2.05, 4.69) is 16.9 Å². The molecule has 1 unspecified atom stereocenters. The molecule has 0 bridgehead atoms. The molecule has 2 rings (SSSR count). The number of hydrogen-bond donors (Lipinski definition) is 1. The standard InChI is InChI=1S/C13H15F3N2/c1-2-6-17-11-4-3-5-12-10(11)7-9(8-18-12)13(14,15)16/h2,7-8,11,17H,1,3-6H2. The van der Waals surface area contributed by atoms with E-state index < -0.39 is 11.7 Å². The van der Waals surface area contributed by atoms with Gasteiger partial charge in [-0.2, -0.15) is 13.2 Å². The molecule has 1 aromatic rings. The van der Waals surface area contributed by atoms with Crippen LogP contribution in [-0.4, -0.2) is 11.5 Å². The fourth-order valence-electron chi connectivity index (χ4n) is 2.24. The topological polar surface area (TPSA) is 24.9 Å². The van der Waals surface area contributed by atoms with Crippen LogP contribution in [-0.2, 0) is 12.6 Å². The maximum atomic E-state index is 12.7. The minimum atomic E-state index is -4.33. The van der Waals surface area contributed by atoms with Crippen LogP contribution in [0.2, 0.25) is 0 Å². The molecule has 0 amide bonds. The van der Waals surface area contributed by atoms with Gasteiger partial charge >= 0.3 is 6.18 Å². The van der Waals surface area contributed by atoms with Crippen molar-refractivity contribution in [2.75, 3.05) is 6.54 Å². The fourth-order valence-corrected chi connectivity index (χ4v) is 2.24. The zero-order valence-corrected chi connectivity index (χ0v) is 9.93. The third kappa shape index (κ3) is 2.72. The smallest absolute Gasteiger partial charge is 0.306 e. The molecular weight excluding hydrogens is 241 g/mol. The normalized spacial score (nSPS) is 19.4. The van der Waals surface area contributed by atoms with Gasteiger partial charge in [-0.1, -0.05) is 6.08 Å². The molecule has 1 aliphatic rings. The van der Waals surface area contributed by atoms with Gasteiger partial charge in [-0.25, -0.2) is 0 Å². The van der Waals surface area contributed by atoms with Gasteiger partial charge < -0.3 is 5.32 Å². The molecule has 0 spiro atoms. The van der Waals surface area contributed by atoms with Gasteiger partial charge in [-0.3, -0.25) is 4.98 Å². The monoisotopic (exact) mass is 256 g/mol. The van der Waals surface area contributed by atoms with Crippen molar-refractivity contribution in [1.29, 1.82) is 0 Å². The van der Waals surface area contributed by atoms with E-state index in [1.54, 1.807) is 6.08 Å². The summed E-state index contributed by atoms with van der Waals surface area (Å²) in [4.78, 5) is 3.96. The predicted octanol–water partition coefficient (Wildman–Crippen LogP) is 3.25. The third-order valence-electron chi connectivity index (χ3n) is 3.12. The Morgan fingerprint density at radius 3 is 2.94 bits per heavy atom. The molecule has 0 radical (unpaired) electrons. The fraction of sp³-hybridized carbons (Fsp3) is 0.462. The SMILES string of the molecule is C=CCNC1CCCc2ncc(C(F)(F)F)cc21. The minimum absolute atomic E-state index is 0.0541. The van der Waals surface area contributed by atoms with Crippen LogP contribution in [0.5, 0.6) is 0 Å². The summed E-state index contributed by atoms with van der Waals surface area (Å²) in [6, 6.07) is 1.17. The maximum absolute atomic E-state index is 12.7. The number of hydrogen-bond acceptors (Lipinski definition) is 2. The van der Waals surface area contributed by atoms with Crippen LogP contribution in [0, 0.1) is 0 Å². The largest absolute Gasteiger partial charge is 0.417 e. The number of pyridine rings is 1. The summed E-state index contributed by atoms with van der Waals surface area (Å²) in [7, 11) is 0. The number of fused-ring (bicyclic) bond motifs is 1. The molecule has 98 valence electrons. The van der Waals surface area contributed by atoms with Gasteiger partial charge in [0.1, 0.15) is 0 Å². The number of aromatic nitrogens is 1. The first-order valence-electron chi connectivity index (χ1n) is 5.92. The summed E-state index contributed by atoms with van der Waals surface area (Å²) in [5, 5.41) is 3.18. The van der Waals surface area contributed by atoms with Crippen LogP contribution in [0.3, 0.4) is 0 Å². The van der Waals surface area contributed by atoms with Gasteiger partial charge in [0.15, 0.2) is 0 Å². The molecule has 1 aromatic heterocycles. The van der Waals surface area contributed by atoms with E-state index in [0.29, 0.717) is 12.1 Å². The lowest BCUT2D eigenvalue weighted by atomic mass is 9.90. The second kappa shape index (κ2) is 5.10. The first-order valence-corrected chi connectivity index (χ1v) is 5.92. The van der Waals surface area contributed by atoms with Crippen molar-refractivity contribution in [3.63, 3.8) is 0 Å². The predicted molar refractivity (Wildman–Crippen MR) is 63.1 cm³/mol. The summed E-state index contributed by atoms with van der Waals surface area (Å²) < 4.78 is 38.0. The van der Waals surface area contributed by atoms with Crippen molar-refractivity contribution in [3.8, 4) is 0 Å². The molecule has 0 saturated heterocycles. The highest BCUT2D eigenvalue weighted by Gasteiger charge is 2.33. The minimum Gasteiger partial charge on any atom is -0.306 e. The van der Waals surface area contributed by atoms with Gasteiger partial charge in [0.25, 0.3) is 0 Å². The average Bonchev–Trinajstić information content (AvgIpc) is 2.34. The van der Waals surface area contributed by atoms with Crippen molar-refractivity contribution in [2.45, 2.75) is 31.5 Å². The number of alkyl halides is 3. The van der Waals surface area contributed by atoms with Gasteiger partial charge in [0, 0.05) is 24.5 Å². The molecule has 1 atom stereocenters. The van der Waals surface area contributed by atoms with Crippen LogP contribution in [0.4, 0.5) is 13.2 Å². The lowest BCUT2D eigenvalue weighted by Gasteiger charge is -2.26. The Balaban J connectivity index is 2.32. The molecule has 1 N–H and O–H groups in total. The van der Waals surface area contributed by atoms with E-state index >= 15 is 0 Å². The molecule has 5 heteroatoms. The number of nitrogens with one attached hydrogen (secondary N) is 1. The lowest BCUT2D eigenvalue weighted by Crippen LogP contribution is -2.26. The number of aryl methyl sites for hydroxylation is 1. The molecule has 0 aliphatic heterocycles. The Morgan fingerprint density at radius 2 is 2.28 bits per heavy atom. The Morgan fingerprint density at radius 1 is 1.50 bits per heavy atom. The zero-order valence-electron chi connectivity index (χ0n) is 9.93. The molecule has 0 aromatic carbocycles. The van der Waals surface area contributed by atoms with E-state index in [0.717, 1.165) is 31.2 Å². The molecule has 1 aliphatic carbocycles. The van der Waals surface area contributed by atoms with E-state index in [4.69, 9.17) is 0 Å². The van der Waals surface area contributed by atoms with Crippen molar-refractivity contribution >= 4 is 0 Å². The zero-order chi connectivity index (χ0) is 13.2. The Bertz CT molecular complexity index is 440. The van der Waals surface area contributed by atoms with E-state index in [1.165, 1.54) is 6.07 Å². The number of nitrogens with zero attached hydrogens (tertiary/aromatic N) is 1. The van der Waals surface area contributed by atoms with Crippen LogP contribution in [0.25, 0.3) is 0 Å². The van der Waals surface area contributed by atoms with Gasteiger partial charge in [-0.15, -0.1) is 6.58 Å². The highest BCUT2D eigenvalue weighted by Crippen LogP contribution is 2.34. The average molecular weight is 256 g/mol. The van der Waals surface area contributed by atoms with Crippen molar-refractivity contribution in [3.05, 3.63) is 41.7 Å². The highest BCUT2D eigenvalue weighted by molar-refractivity contribution is 5.31. The second-order valence-electron chi connectivity index (χ2n) is 4.40. The molecular formula is C13H15F3N2.